The molecule has 1 amide bonds. The van der Waals surface area contributed by atoms with Gasteiger partial charge in [0.15, 0.2) is 0 Å². The van der Waals surface area contributed by atoms with Gasteiger partial charge < -0.3 is 10.6 Å². The van der Waals surface area contributed by atoms with Crippen molar-refractivity contribution >= 4 is 34.7 Å². The van der Waals surface area contributed by atoms with Gasteiger partial charge in [-0.1, -0.05) is 11.6 Å². The van der Waals surface area contributed by atoms with Crippen LogP contribution in [0.5, 0.6) is 0 Å². The highest BCUT2D eigenvalue weighted by atomic mass is 35.5. The molecular weight excluding hydrogens is 296 g/mol. The van der Waals surface area contributed by atoms with E-state index in [2.05, 4.69) is 20.6 Å². The molecule has 2 N–H and O–H groups in total. The van der Waals surface area contributed by atoms with Crippen LogP contribution in [0.2, 0.25) is 5.02 Å². The molecule has 0 spiro atoms. The van der Waals surface area contributed by atoms with E-state index in [4.69, 9.17) is 11.6 Å². The number of halogens is 1. The van der Waals surface area contributed by atoms with Gasteiger partial charge in [-0.15, -0.1) is 11.3 Å². The number of thiazole rings is 1. The average molecular weight is 311 g/mol. The van der Waals surface area contributed by atoms with E-state index in [0.717, 1.165) is 5.01 Å². The molecule has 0 aliphatic carbocycles. The van der Waals surface area contributed by atoms with Crippen molar-refractivity contribution in [2.24, 2.45) is 0 Å². The minimum Gasteiger partial charge on any atom is -0.373 e. The predicted molar refractivity (Wildman–Crippen MR) is 81.4 cm³/mol. The molecule has 2 heterocycles. The Morgan fingerprint density at radius 3 is 2.75 bits per heavy atom. The van der Waals surface area contributed by atoms with Crippen molar-refractivity contribution in [2.75, 3.05) is 12.4 Å². The van der Waals surface area contributed by atoms with E-state index in [-0.39, 0.29) is 11.6 Å². The van der Waals surface area contributed by atoms with E-state index in [1.165, 1.54) is 11.3 Å². The quantitative estimate of drug-likeness (QED) is 0.911. The third kappa shape index (κ3) is 3.08. The Kier molecular flexibility index (Phi) is 4.25. The highest BCUT2D eigenvalue weighted by Gasteiger charge is 2.27. The Bertz CT molecular complexity index is 613. The number of pyridine rings is 1. The van der Waals surface area contributed by atoms with Gasteiger partial charge in [0.25, 0.3) is 5.91 Å². The van der Waals surface area contributed by atoms with Gasteiger partial charge in [-0.25, -0.2) is 9.97 Å². The third-order valence-electron chi connectivity index (χ3n) is 2.71. The molecule has 0 aromatic carbocycles. The van der Waals surface area contributed by atoms with Gasteiger partial charge in [-0.05, 0) is 26.0 Å². The molecular formula is C13H15ClN4OS. The topological polar surface area (TPSA) is 66.9 Å². The summed E-state index contributed by atoms with van der Waals surface area (Å²) in [5.41, 5.74) is -0.380. The minimum absolute atomic E-state index is 0.197. The molecule has 0 atom stereocenters. The Morgan fingerprint density at radius 1 is 1.40 bits per heavy atom. The number of amides is 1. The summed E-state index contributed by atoms with van der Waals surface area (Å²) in [6, 6.07) is 3.36. The van der Waals surface area contributed by atoms with Crippen molar-refractivity contribution in [1.29, 1.82) is 0 Å². The fourth-order valence-corrected chi connectivity index (χ4v) is 2.58. The van der Waals surface area contributed by atoms with Crippen LogP contribution in [0, 0.1) is 0 Å². The van der Waals surface area contributed by atoms with E-state index in [0.29, 0.717) is 10.8 Å². The first-order chi connectivity index (χ1) is 9.44. The first-order valence-corrected chi connectivity index (χ1v) is 7.26. The van der Waals surface area contributed by atoms with Crippen molar-refractivity contribution in [3.8, 4) is 0 Å². The first-order valence-electron chi connectivity index (χ1n) is 6.01. The lowest BCUT2D eigenvalue weighted by molar-refractivity contribution is 0.0907. The summed E-state index contributed by atoms with van der Waals surface area (Å²) in [5, 5.41) is 8.79. The van der Waals surface area contributed by atoms with Crippen molar-refractivity contribution in [2.45, 2.75) is 19.4 Å². The molecule has 0 aliphatic rings. The maximum absolute atomic E-state index is 12.3. The lowest BCUT2D eigenvalue weighted by atomic mass is 10.1. The Morgan fingerprint density at radius 2 is 2.15 bits per heavy atom. The summed E-state index contributed by atoms with van der Waals surface area (Å²) in [6.07, 6.45) is 1.71. The lowest BCUT2D eigenvalue weighted by Gasteiger charge is -2.23. The molecule has 2 aromatic rings. The second-order valence-electron chi connectivity index (χ2n) is 4.69. The van der Waals surface area contributed by atoms with Crippen molar-refractivity contribution in [3.05, 3.63) is 39.4 Å². The lowest BCUT2D eigenvalue weighted by Crippen LogP contribution is -2.41. The zero-order valence-corrected chi connectivity index (χ0v) is 13.0. The number of hydrogen-bond acceptors (Lipinski definition) is 5. The number of nitrogens with one attached hydrogen (secondary N) is 2. The molecule has 5 nitrogen and oxygen atoms in total. The zero-order valence-electron chi connectivity index (χ0n) is 11.4. The molecule has 0 aliphatic heterocycles. The summed E-state index contributed by atoms with van der Waals surface area (Å²) in [7, 11) is 1.73. The number of carbonyl (C=O) groups is 1. The van der Waals surface area contributed by atoms with Crippen LogP contribution in [0.15, 0.2) is 23.7 Å². The second-order valence-corrected chi connectivity index (χ2v) is 6.00. The van der Waals surface area contributed by atoms with Crippen molar-refractivity contribution < 1.29 is 4.79 Å². The van der Waals surface area contributed by atoms with Crippen LogP contribution < -0.4 is 10.6 Å². The van der Waals surface area contributed by atoms with Crippen LogP contribution in [0.4, 0.5) is 5.82 Å². The number of nitrogens with zero attached hydrogens (tertiary/aromatic N) is 2. The molecule has 0 saturated carbocycles. The van der Waals surface area contributed by atoms with Gasteiger partial charge in [-0.2, -0.15) is 0 Å². The maximum atomic E-state index is 12.3. The van der Waals surface area contributed by atoms with Crippen LogP contribution in [0.1, 0.15) is 29.3 Å². The monoisotopic (exact) mass is 310 g/mol. The Labute approximate surface area is 126 Å². The predicted octanol–water partition coefficient (Wildman–Crippen LogP) is 2.90. The molecule has 7 heteroatoms. The SMILES string of the molecule is CNc1ccc(Cl)c(C(=O)NC(C)(C)c2nccs2)n1. The van der Waals surface area contributed by atoms with E-state index >= 15 is 0 Å². The molecule has 0 radical (unpaired) electrons. The van der Waals surface area contributed by atoms with Gasteiger partial charge in [0.05, 0.1) is 10.6 Å². The molecule has 20 heavy (non-hydrogen) atoms. The maximum Gasteiger partial charge on any atom is 0.272 e. The average Bonchev–Trinajstić information content (AvgIpc) is 2.93. The van der Waals surface area contributed by atoms with Gasteiger partial charge in [0, 0.05) is 18.6 Å². The molecule has 0 unspecified atom stereocenters. The van der Waals surface area contributed by atoms with Crippen molar-refractivity contribution in [3.63, 3.8) is 0 Å². The normalized spacial score (nSPS) is 11.2. The van der Waals surface area contributed by atoms with E-state index < -0.39 is 5.54 Å². The first kappa shape index (κ1) is 14.7. The van der Waals surface area contributed by atoms with Crippen LogP contribution in [-0.4, -0.2) is 22.9 Å². The van der Waals surface area contributed by atoms with E-state index in [9.17, 15) is 4.79 Å². The van der Waals surface area contributed by atoms with Crippen LogP contribution in [-0.2, 0) is 5.54 Å². The molecule has 106 valence electrons. The second kappa shape index (κ2) is 5.76. The number of carbonyl (C=O) groups excluding carboxylic acids is 1. The Hall–Kier alpha value is -1.66. The van der Waals surface area contributed by atoms with E-state index in [1.54, 1.807) is 25.4 Å². The molecule has 2 rings (SSSR count). The highest BCUT2D eigenvalue weighted by molar-refractivity contribution is 7.09. The van der Waals surface area contributed by atoms with Crippen LogP contribution >= 0.6 is 22.9 Å². The number of rotatable bonds is 4. The third-order valence-corrected chi connectivity index (χ3v) is 4.11. The largest absolute Gasteiger partial charge is 0.373 e. The Balaban J connectivity index is 2.24. The summed E-state index contributed by atoms with van der Waals surface area (Å²) in [4.78, 5) is 20.7. The van der Waals surface area contributed by atoms with Crippen molar-refractivity contribution in [1.82, 2.24) is 15.3 Å². The van der Waals surface area contributed by atoms with E-state index in [1.807, 2.05) is 19.2 Å². The summed E-state index contributed by atoms with van der Waals surface area (Å²) in [5.74, 6) is 0.263. The molecule has 2 aromatic heterocycles. The fourth-order valence-electron chi connectivity index (χ4n) is 1.67. The van der Waals surface area contributed by atoms with Gasteiger partial charge in [0.1, 0.15) is 16.5 Å². The number of hydrogen-bond donors (Lipinski definition) is 2. The fraction of sp³-hybridized carbons (Fsp3) is 0.308. The number of aromatic nitrogens is 2. The number of anilines is 1. The van der Waals surface area contributed by atoms with Gasteiger partial charge in [0.2, 0.25) is 0 Å². The smallest absolute Gasteiger partial charge is 0.272 e. The highest BCUT2D eigenvalue weighted by Crippen LogP contribution is 2.24. The van der Waals surface area contributed by atoms with Gasteiger partial charge >= 0.3 is 0 Å². The van der Waals surface area contributed by atoms with Crippen LogP contribution in [0.3, 0.4) is 0 Å². The standard InChI is InChI=1S/C13H15ClN4OS/c1-13(2,12-16-6-7-20-12)18-11(19)10-8(14)4-5-9(15-3)17-10/h4-7H,1-3H3,(H,15,17)(H,18,19). The summed E-state index contributed by atoms with van der Waals surface area (Å²) in [6.45, 7) is 3.78. The summed E-state index contributed by atoms with van der Waals surface area (Å²) < 4.78 is 0. The molecule has 0 fully saturated rings. The summed E-state index contributed by atoms with van der Waals surface area (Å²) >= 11 is 7.52. The molecule has 0 bridgehead atoms. The zero-order chi connectivity index (χ0) is 14.8. The van der Waals surface area contributed by atoms with Gasteiger partial charge in [-0.3, -0.25) is 4.79 Å². The van der Waals surface area contributed by atoms with Crippen LogP contribution in [0.25, 0.3) is 0 Å². The molecule has 0 saturated heterocycles. The minimum atomic E-state index is -0.577.